The molecule has 4 rings (SSSR count). The number of ether oxygens (including phenoxy) is 1. The normalized spacial score (nSPS) is 17.5. The first kappa shape index (κ1) is 24.9. The van der Waals surface area contributed by atoms with E-state index in [1.54, 1.807) is 17.5 Å². The number of benzene rings is 2. The molecule has 11 heteroatoms. The molecule has 0 aliphatic heterocycles. The summed E-state index contributed by atoms with van der Waals surface area (Å²) < 4.78 is 32.5. The van der Waals surface area contributed by atoms with E-state index >= 15 is 0 Å². The fraction of sp³-hybridized carbons (Fsp3) is 0.292. The van der Waals surface area contributed by atoms with Gasteiger partial charge in [0.2, 0.25) is 0 Å². The molecule has 0 bridgehead atoms. The van der Waals surface area contributed by atoms with Crippen LogP contribution in [0, 0.1) is 11.6 Å². The lowest BCUT2D eigenvalue weighted by molar-refractivity contribution is 0.0911. The zero-order chi connectivity index (χ0) is 24.8. The maximum Gasteiger partial charge on any atom is 0.319 e. The van der Waals surface area contributed by atoms with Crippen molar-refractivity contribution < 1.29 is 23.1 Å². The molecule has 1 fully saturated rings. The molecule has 1 saturated carbocycles. The van der Waals surface area contributed by atoms with Crippen molar-refractivity contribution in [1.82, 2.24) is 15.6 Å². The highest BCUT2D eigenvalue weighted by Crippen LogP contribution is 2.22. The van der Waals surface area contributed by atoms with E-state index in [1.807, 2.05) is 0 Å². The quantitative estimate of drug-likeness (QED) is 0.382. The molecule has 0 saturated heterocycles. The predicted octanol–water partition coefficient (Wildman–Crippen LogP) is 5.52. The number of hydrogen-bond acceptors (Lipinski definition) is 5. The monoisotopic (exact) mass is 520 g/mol. The number of para-hydroxylation sites is 1. The Morgan fingerprint density at radius 1 is 1.06 bits per heavy atom. The lowest BCUT2D eigenvalue weighted by Gasteiger charge is -2.32. The number of rotatable bonds is 7. The minimum absolute atomic E-state index is 0.0417. The molecule has 0 radical (unpaired) electrons. The highest BCUT2D eigenvalue weighted by Gasteiger charge is 2.29. The van der Waals surface area contributed by atoms with Gasteiger partial charge in [0.1, 0.15) is 23.1 Å². The molecule has 1 aliphatic rings. The molecule has 2 atom stereocenters. The smallest absolute Gasteiger partial charge is 0.319 e. The lowest BCUT2D eigenvalue weighted by atomic mass is 9.90. The summed E-state index contributed by atoms with van der Waals surface area (Å²) in [7, 11) is 0. The standard InChI is InChI=1S/C24H23ClF2N4O3S/c25-15-11-14(9-10-16(15)26)28-24(33)31-19-7-3-2-6-18(19)30-23(32)20-13-35-22(29-20)12-34-21-8-4-1-5-17(21)27/h1,4-5,8-11,13,18-19H,2-3,6-7,12H2,(H,30,32)(H2,28,31,33). The number of halogens is 3. The van der Waals surface area contributed by atoms with Crippen LogP contribution in [0.4, 0.5) is 19.3 Å². The van der Waals surface area contributed by atoms with Crippen LogP contribution in [-0.4, -0.2) is 29.0 Å². The van der Waals surface area contributed by atoms with E-state index in [0.29, 0.717) is 23.5 Å². The van der Waals surface area contributed by atoms with Gasteiger partial charge in [-0.2, -0.15) is 0 Å². The van der Waals surface area contributed by atoms with Crippen molar-refractivity contribution in [2.75, 3.05) is 5.32 Å². The van der Waals surface area contributed by atoms with E-state index < -0.39 is 17.7 Å². The summed E-state index contributed by atoms with van der Waals surface area (Å²) in [6.07, 6.45) is 3.22. The van der Waals surface area contributed by atoms with Gasteiger partial charge in [-0.1, -0.05) is 36.6 Å². The Morgan fingerprint density at radius 2 is 1.80 bits per heavy atom. The molecule has 2 aromatic carbocycles. The van der Waals surface area contributed by atoms with Crippen LogP contribution in [0.2, 0.25) is 5.02 Å². The van der Waals surface area contributed by atoms with E-state index in [1.165, 1.54) is 41.7 Å². The van der Waals surface area contributed by atoms with Crippen LogP contribution in [0.3, 0.4) is 0 Å². The summed E-state index contributed by atoms with van der Waals surface area (Å²) in [6.45, 7) is 0.0417. The van der Waals surface area contributed by atoms with E-state index in [-0.39, 0.29) is 41.1 Å². The molecular formula is C24H23ClF2N4O3S. The van der Waals surface area contributed by atoms with Crippen molar-refractivity contribution in [3.05, 3.63) is 75.2 Å². The number of carbonyl (C=O) groups excluding carboxylic acids is 2. The summed E-state index contributed by atoms with van der Waals surface area (Å²) in [5, 5.41) is 10.5. The van der Waals surface area contributed by atoms with Crippen LogP contribution in [0.5, 0.6) is 5.75 Å². The van der Waals surface area contributed by atoms with Gasteiger partial charge in [-0.15, -0.1) is 11.3 Å². The van der Waals surface area contributed by atoms with Crippen molar-refractivity contribution in [1.29, 1.82) is 0 Å². The molecule has 3 aromatic rings. The lowest BCUT2D eigenvalue weighted by Crippen LogP contribution is -2.54. The van der Waals surface area contributed by atoms with Crippen molar-refractivity contribution >= 4 is 40.6 Å². The number of anilines is 1. The Kier molecular flexibility index (Phi) is 8.14. The molecule has 1 aliphatic carbocycles. The molecule has 1 aromatic heterocycles. The van der Waals surface area contributed by atoms with Crippen LogP contribution in [0.1, 0.15) is 41.2 Å². The largest absolute Gasteiger partial charge is 0.483 e. The number of urea groups is 1. The number of nitrogens with zero attached hydrogens (tertiary/aromatic N) is 1. The predicted molar refractivity (Wildman–Crippen MR) is 130 cm³/mol. The van der Waals surface area contributed by atoms with Gasteiger partial charge in [-0.25, -0.2) is 18.6 Å². The third-order valence-corrected chi connectivity index (χ3v) is 6.66. The second kappa shape index (κ2) is 11.5. The second-order valence-corrected chi connectivity index (χ2v) is 9.39. The summed E-state index contributed by atoms with van der Waals surface area (Å²) in [5.41, 5.74) is 0.592. The summed E-state index contributed by atoms with van der Waals surface area (Å²) in [4.78, 5) is 29.6. The first-order valence-corrected chi connectivity index (χ1v) is 12.3. The minimum Gasteiger partial charge on any atom is -0.483 e. The van der Waals surface area contributed by atoms with Crippen LogP contribution >= 0.6 is 22.9 Å². The molecule has 7 nitrogen and oxygen atoms in total. The third kappa shape index (κ3) is 6.67. The number of hydrogen-bond donors (Lipinski definition) is 3. The second-order valence-electron chi connectivity index (χ2n) is 8.04. The Balaban J connectivity index is 1.32. The van der Waals surface area contributed by atoms with Gasteiger partial charge in [0.25, 0.3) is 5.91 Å². The minimum atomic E-state index is -0.573. The molecular weight excluding hydrogens is 498 g/mol. The van der Waals surface area contributed by atoms with Gasteiger partial charge in [-0.05, 0) is 43.2 Å². The van der Waals surface area contributed by atoms with E-state index in [4.69, 9.17) is 16.3 Å². The van der Waals surface area contributed by atoms with Crippen LogP contribution in [0.15, 0.2) is 47.8 Å². The first-order chi connectivity index (χ1) is 16.9. The topological polar surface area (TPSA) is 92.4 Å². The molecule has 3 N–H and O–H groups in total. The average molecular weight is 521 g/mol. The molecule has 184 valence electrons. The molecule has 0 spiro atoms. The third-order valence-electron chi connectivity index (χ3n) is 5.55. The Morgan fingerprint density at radius 3 is 2.54 bits per heavy atom. The maximum absolute atomic E-state index is 13.7. The molecule has 3 amide bonds. The summed E-state index contributed by atoms with van der Waals surface area (Å²) in [6, 6.07) is 8.94. The van der Waals surface area contributed by atoms with Crippen molar-refractivity contribution in [3.63, 3.8) is 0 Å². The van der Waals surface area contributed by atoms with Gasteiger partial charge in [0.15, 0.2) is 11.6 Å². The van der Waals surface area contributed by atoms with E-state index in [0.717, 1.165) is 12.8 Å². The van der Waals surface area contributed by atoms with Gasteiger partial charge in [0, 0.05) is 17.1 Å². The van der Waals surface area contributed by atoms with E-state index in [9.17, 15) is 18.4 Å². The Hall–Kier alpha value is -3.24. The number of amides is 3. The fourth-order valence-corrected chi connectivity index (χ4v) is 4.68. The van der Waals surface area contributed by atoms with Crippen molar-refractivity contribution in [3.8, 4) is 5.75 Å². The summed E-state index contributed by atoms with van der Waals surface area (Å²) >= 11 is 7.01. The fourth-order valence-electron chi connectivity index (χ4n) is 3.81. The van der Waals surface area contributed by atoms with E-state index in [2.05, 4.69) is 20.9 Å². The maximum atomic E-state index is 13.7. The Labute approximate surface area is 209 Å². The average Bonchev–Trinajstić information content (AvgIpc) is 3.31. The van der Waals surface area contributed by atoms with Gasteiger partial charge < -0.3 is 20.7 Å². The van der Waals surface area contributed by atoms with Gasteiger partial charge >= 0.3 is 6.03 Å². The molecule has 35 heavy (non-hydrogen) atoms. The molecule has 2 unspecified atom stereocenters. The number of nitrogens with one attached hydrogen (secondary N) is 3. The number of carbonyl (C=O) groups is 2. The van der Waals surface area contributed by atoms with Crippen LogP contribution in [-0.2, 0) is 6.61 Å². The van der Waals surface area contributed by atoms with Crippen molar-refractivity contribution in [2.24, 2.45) is 0 Å². The molecule has 1 heterocycles. The van der Waals surface area contributed by atoms with Crippen molar-refractivity contribution in [2.45, 2.75) is 44.4 Å². The highest BCUT2D eigenvalue weighted by atomic mass is 35.5. The van der Waals surface area contributed by atoms with Gasteiger partial charge in [-0.3, -0.25) is 4.79 Å². The SMILES string of the molecule is O=C(Nc1ccc(F)c(Cl)c1)NC1CCCCC1NC(=O)c1csc(COc2ccccc2F)n1. The van der Waals surface area contributed by atoms with Crippen LogP contribution in [0.25, 0.3) is 0 Å². The summed E-state index contributed by atoms with van der Waals surface area (Å²) in [5.74, 6) is -1.28. The Bertz CT molecular complexity index is 1210. The zero-order valence-electron chi connectivity index (χ0n) is 18.5. The first-order valence-electron chi connectivity index (χ1n) is 11.0. The van der Waals surface area contributed by atoms with Gasteiger partial charge in [0.05, 0.1) is 11.1 Å². The highest BCUT2D eigenvalue weighted by molar-refractivity contribution is 7.09. The number of aromatic nitrogens is 1. The van der Waals surface area contributed by atoms with Crippen LogP contribution < -0.4 is 20.7 Å². The number of thiazole rings is 1. The zero-order valence-corrected chi connectivity index (χ0v) is 20.1.